The summed E-state index contributed by atoms with van der Waals surface area (Å²) >= 11 is 5.80. The van der Waals surface area contributed by atoms with Gasteiger partial charge in [-0.1, -0.05) is 11.6 Å². The minimum atomic E-state index is -0.390. The van der Waals surface area contributed by atoms with Gasteiger partial charge >= 0.3 is 0 Å². The Balaban J connectivity index is 2.78. The lowest BCUT2D eigenvalue weighted by Gasteiger charge is -2.05. The Labute approximate surface area is 86.3 Å². The van der Waals surface area contributed by atoms with Crippen LogP contribution in [0.25, 0.3) is 0 Å². The molecule has 0 saturated heterocycles. The summed E-state index contributed by atoms with van der Waals surface area (Å²) in [6, 6.07) is 6.48. The average molecular weight is 210 g/mol. The third-order valence-electron chi connectivity index (χ3n) is 1.51. The van der Waals surface area contributed by atoms with Crippen LogP contribution in [-0.4, -0.2) is 5.91 Å². The maximum Gasteiger partial charge on any atom is 0.238 e. The van der Waals surface area contributed by atoms with Crippen molar-refractivity contribution in [3.8, 4) is 6.07 Å². The number of benzene rings is 1. The van der Waals surface area contributed by atoms with Gasteiger partial charge in [-0.25, -0.2) is 0 Å². The highest BCUT2D eigenvalue weighted by Crippen LogP contribution is 2.23. The Morgan fingerprint density at radius 1 is 1.64 bits per heavy atom. The Morgan fingerprint density at radius 3 is 2.93 bits per heavy atom. The number of nitrogen functional groups attached to an aromatic ring is 1. The molecular formula is C9H8ClN3O. The van der Waals surface area contributed by atoms with E-state index in [0.717, 1.165) is 0 Å². The first-order chi connectivity index (χ1) is 6.63. The van der Waals surface area contributed by atoms with Crippen LogP contribution in [0.4, 0.5) is 11.4 Å². The van der Waals surface area contributed by atoms with Crippen molar-refractivity contribution in [2.24, 2.45) is 0 Å². The van der Waals surface area contributed by atoms with Crippen LogP contribution in [0.2, 0.25) is 5.02 Å². The fraction of sp³-hybridized carbons (Fsp3) is 0.111. The van der Waals surface area contributed by atoms with Gasteiger partial charge in [0.15, 0.2) is 0 Å². The van der Waals surface area contributed by atoms with Gasteiger partial charge in [-0.15, -0.1) is 0 Å². The quantitative estimate of drug-likeness (QED) is 0.729. The molecule has 0 unspecified atom stereocenters. The van der Waals surface area contributed by atoms with E-state index in [1.54, 1.807) is 18.2 Å². The number of nitrogens with one attached hydrogen (secondary N) is 1. The summed E-state index contributed by atoms with van der Waals surface area (Å²) in [5.41, 5.74) is 6.45. The van der Waals surface area contributed by atoms with Gasteiger partial charge in [0.2, 0.25) is 5.91 Å². The Kier molecular flexibility index (Phi) is 3.32. The third kappa shape index (κ3) is 2.64. The minimum Gasteiger partial charge on any atom is -0.399 e. The highest BCUT2D eigenvalue weighted by Gasteiger charge is 2.04. The standard InChI is InChI=1S/C9H8ClN3O/c10-7-5-6(12)1-2-8(7)13-9(14)3-4-11/h1-2,5H,3,12H2,(H,13,14). The summed E-state index contributed by atoms with van der Waals surface area (Å²) in [7, 11) is 0. The normalized spacial score (nSPS) is 9.14. The highest BCUT2D eigenvalue weighted by molar-refractivity contribution is 6.34. The fourth-order valence-corrected chi connectivity index (χ4v) is 1.14. The van der Waals surface area contributed by atoms with E-state index in [1.165, 1.54) is 6.07 Å². The van der Waals surface area contributed by atoms with Crippen LogP contribution in [0.15, 0.2) is 18.2 Å². The zero-order valence-electron chi connectivity index (χ0n) is 7.25. The molecule has 0 aliphatic rings. The molecule has 1 amide bonds. The van der Waals surface area contributed by atoms with Crippen LogP contribution in [-0.2, 0) is 4.79 Å². The van der Waals surface area contributed by atoms with Crippen LogP contribution in [0.5, 0.6) is 0 Å². The molecule has 72 valence electrons. The highest BCUT2D eigenvalue weighted by atomic mass is 35.5. The average Bonchev–Trinajstić information content (AvgIpc) is 2.10. The van der Waals surface area contributed by atoms with Gasteiger partial charge in [-0.2, -0.15) is 5.26 Å². The van der Waals surface area contributed by atoms with E-state index in [9.17, 15) is 4.79 Å². The number of nitriles is 1. The van der Waals surface area contributed by atoms with Gasteiger partial charge in [0.1, 0.15) is 6.42 Å². The molecule has 0 saturated carbocycles. The number of hydrogen-bond donors (Lipinski definition) is 2. The number of carbonyl (C=O) groups is 1. The first-order valence-electron chi connectivity index (χ1n) is 3.85. The Bertz CT molecular complexity index is 398. The molecule has 0 atom stereocenters. The molecular weight excluding hydrogens is 202 g/mol. The molecule has 0 radical (unpaired) electrons. The lowest BCUT2D eigenvalue weighted by atomic mass is 10.3. The third-order valence-corrected chi connectivity index (χ3v) is 1.82. The number of anilines is 2. The van der Waals surface area contributed by atoms with Crippen molar-refractivity contribution in [3.63, 3.8) is 0 Å². The van der Waals surface area contributed by atoms with Crippen LogP contribution in [0.3, 0.4) is 0 Å². The molecule has 0 aliphatic heterocycles. The molecule has 0 fully saturated rings. The van der Waals surface area contributed by atoms with Crippen LogP contribution >= 0.6 is 11.6 Å². The largest absolute Gasteiger partial charge is 0.399 e. The van der Waals surface area contributed by atoms with Crippen molar-refractivity contribution in [3.05, 3.63) is 23.2 Å². The van der Waals surface area contributed by atoms with Crippen molar-refractivity contribution >= 4 is 28.9 Å². The molecule has 0 aromatic heterocycles. The zero-order chi connectivity index (χ0) is 10.6. The summed E-state index contributed by atoms with van der Waals surface area (Å²) in [6.45, 7) is 0. The van der Waals surface area contributed by atoms with Gasteiger partial charge in [0.25, 0.3) is 0 Å². The summed E-state index contributed by atoms with van der Waals surface area (Å²) in [4.78, 5) is 11.0. The number of carbonyl (C=O) groups excluding carboxylic acids is 1. The van der Waals surface area contributed by atoms with Gasteiger partial charge in [-0.3, -0.25) is 4.79 Å². The second-order valence-electron chi connectivity index (χ2n) is 2.62. The summed E-state index contributed by atoms with van der Waals surface area (Å²) in [5.74, 6) is -0.390. The van der Waals surface area contributed by atoms with Gasteiger partial charge in [-0.05, 0) is 18.2 Å². The number of rotatable bonds is 2. The lowest BCUT2D eigenvalue weighted by molar-refractivity contribution is -0.115. The van der Waals surface area contributed by atoms with E-state index in [0.29, 0.717) is 16.4 Å². The summed E-state index contributed by atoms with van der Waals surface area (Å²) in [6.07, 6.45) is -0.194. The molecule has 1 aromatic rings. The van der Waals surface area contributed by atoms with Crippen molar-refractivity contribution in [2.75, 3.05) is 11.1 Å². The van der Waals surface area contributed by atoms with E-state index < -0.39 is 0 Å². The second kappa shape index (κ2) is 4.49. The first-order valence-corrected chi connectivity index (χ1v) is 4.23. The van der Waals surface area contributed by atoms with Crippen molar-refractivity contribution in [1.82, 2.24) is 0 Å². The molecule has 3 N–H and O–H groups in total. The number of nitrogens with two attached hydrogens (primary N) is 1. The SMILES string of the molecule is N#CCC(=O)Nc1ccc(N)cc1Cl. The molecule has 5 heteroatoms. The van der Waals surface area contributed by atoms with Gasteiger partial charge < -0.3 is 11.1 Å². The number of halogens is 1. The number of amides is 1. The van der Waals surface area contributed by atoms with Gasteiger partial charge in [0, 0.05) is 5.69 Å². The molecule has 4 nitrogen and oxygen atoms in total. The fourth-order valence-electron chi connectivity index (χ4n) is 0.899. The minimum absolute atomic E-state index is 0.194. The maximum atomic E-state index is 11.0. The predicted octanol–water partition coefficient (Wildman–Crippen LogP) is 1.77. The smallest absolute Gasteiger partial charge is 0.238 e. The van der Waals surface area contributed by atoms with E-state index in [4.69, 9.17) is 22.6 Å². The zero-order valence-corrected chi connectivity index (χ0v) is 8.01. The predicted molar refractivity (Wildman–Crippen MR) is 54.7 cm³/mol. The summed E-state index contributed by atoms with van der Waals surface area (Å²) < 4.78 is 0. The molecule has 1 aromatic carbocycles. The van der Waals surface area contributed by atoms with E-state index in [-0.39, 0.29) is 12.3 Å². The van der Waals surface area contributed by atoms with E-state index >= 15 is 0 Å². The van der Waals surface area contributed by atoms with E-state index in [1.807, 2.05) is 0 Å². The van der Waals surface area contributed by atoms with Gasteiger partial charge in [0.05, 0.1) is 16.8 Å². The molecule has 0 aliphatic carbocycles. The Morgan fingerprint density at radius 2 is 2.36 bits per heavy atom. The van der Waals surface area contributed by atoms with Crippen LogP contribution in [0.1, 0.15) is 6.42 Å². The van der Waals surface area contributed by atoms with Crippen LogP contribution in [0, 0.1) is 11.3 Å². The number of hydrogen-bond acceptors (Lipinski definition) is 3. The second-order valence-corrected chi connectivity index (χ2v) is 3.03. The van der Waals surface area contributed by atoms with Crippen LogP contribution < -0.4 is 11.1 Å². The van der Waals surface area contributed by atoms with Crippen molar-refractivity contribution in [2.45, 2.75) is 6.42 Å². The summed E-state index contributed by atoms with van der Waals surface area (Å²) in [5, 5.41) is 11.1. The molecule has 1 rings (SSSR count). The maximum absolute atomic E-state index is 11.0. The van der Waals surface area contributed by atoms with E-state index in [2.05, 4.69) is 5.32 Å². The molecule has 0 spiro atoms. The Hall–Kier alpha value is -1.73. The molecule has 14 heavy (non-hydrogen) atoms. The topological polar surface area (TPSA) is 78.9 Å². The monoisotopic (exact) mass is 209 g/mol. The van der Waals surface area contributed by atoms with Crippen molar-refractivity contribution < 1.29 is 4.79 Å². The number of nitrogens with zero attached hydrogens (tertiary/aromatic N) is 1. The molecule has 0 heterocycles. The molecule has 0 bridgehead atoms. The lowest BCUT2D eigenvalue weighted by Crippen LogP contribution is -2.10. The van der Waals surface area contributed by atoms with Crippen molar-refractivity contribution in [1.29, 1.82) is 5.26 Å². The first kappa shape index (κ1) is 10.4.